The Morgan fingerprint density at radius 3 is 1.87 bits per heavy atom. The van der Waals surface area contributed by atoms with Gasteiger partial charge in [0.15, 0.2) is 0 Å². The topological polar surface area (TPSA) is 54.3 Å². The van der Waals surface area contributed by atoms with Gasteiger partial charge in [-0.05, 0) is 55.5 Å². The van der Waals surface area contributed by atoms with Gasteiger partial charge in [-0.2, -0.15) is 10.2 Å². The molecule has 5 heteroatoms. The van der Waals surface area contributed by atoms with Gasteiger partial charge in [-0.15, -0.1) is 0 Å². The van der Waals surface area contributed by atoms with Crippen molar-refractivity contribution < 1.29 is 9.53 Å². The van der Waals surface area contributed by atoms with Crippen LogP contribution in [0.1, 0.15) is 6.92 Å². The highest BCUT2D eigenvalue weighted by Gasteiger charge is 2.04. The molecule has 0 aromatic heterocycles. The number of azo groups is 1. The number of rotatable bonds is 5. The van der Waals surface area contributed by atoms with E-state index in [2.05, 4.69) is 16.8 Å². The van der Waals surface area contributed by atoms with Crippen molar-refractivity contribution in [3.63, 3.8) is 0 Å². The lowest BCUT2D eigenvalue weighted by Crippen LogP contribution is -2.07. The maximum Gasteiger partial charge on any atom is 0.338 e. The fourth-order valence-electron chi connectivity index (χ4n) is 1.71. The Balaban J connectivity index is 2.02. The van der Waals surface area contributed by atoms with Gasteiger partial charge in [-0.25, -0.2) is 4.79 Å². The van der Waals surface area contributed by atoms with Crippen LogP contribution in [0.4, 0.5) is 17.1 Å². The lowest BCUT2D eigenvalue weighted by Gasteiger charge is -2.11. The van der Waals surface area contributed by atoms with Crippen molar-refractivity contribution in [2.75, 3.05) is 19.0 Å². The quantitative estimate of drug-likeness (QED) is 0.349. The van der Waals surface area contributed by atoms with Crippen molar-refractivity contribution >= 4 is 23.0 Å². The Labute approximate surface area is 135 Å². The molecule has 0 radical (unpaired) electrons. The summed E-state index contributed by atoms with van der Waals surface area (Å²) in [6.45, 7) is 5.14. The van der Waals surface area contributed by atoms with E-state index >= 15 is 0 Å². The van der Waals surface area contributed by atoms with Crippen LogP contribution in [-0.2, 0) is 4.79 Å². The van der Waals surface area contributed by atoms with E-state index in [-0.39, 0.29) is 0 Å². The molecule has 0 fully saturated rings. The van der Waals surface area contributed by atoms with Gasteiger partial charge in [0.25, 0.3) is 0 Å². The summed E-state index contributed by atoms with van der Waals surface area (Å²) in [6, 6.07) is 14.6. The van der Waals surface area contributed by atoms with Crippen molar-refractivity contribution in [1.82, 2.24) is 0 Å². The van der Waals surface area contributed by atoms with E-state index in [1.807, 2.05) is 43.3 Å². The summed E-state index contributed by atoms with van der Waals surface area (Å²) >= 11 is 0. The zero-order chi connectivity index (χ0) is 16.8. The molecule has 0 bridgehead atoms. The van der Waals surface area contributed by atoms with E-state index in [1.165, 1.54) is 0 Å². The number of anilines is 1. The molecule has 23 heavy (non-hydrogen) atoms. The van der Waals surface area contributed by atoms with Crippen LogP contribution in [0.3, 0.4) is 0 Å². The smallest absolute Gasteiger partial charge is 0.338 e. The standard InChI is InChI=1S/C18H19N3O2/c1-13(2)18(22)23-17-11-7-15(8-12-17)20-19-14-5-9-16(10-6-14)21(3)4/h5-12H,1H2,2-4H3. The molecule has 0 unspecified atom stereocenters. The Hall–Kier alpha value is -2.95. The SMILES string of the molecule is C=C(C)C(=O)Oc1ccc(N=Nc2ccc(N(C)C)cc2)cc1. The van der Waals surface area contributed by atoms with Crippen molar-refractivity contribution in [3.8, 4) is 5.75 Å². The largest absolute Gasteiger partial charge is 0.423 e. The number of nitrogens with zero attached hydrogens (tertiary/aromatic N) is 3. The lowest BCUT2D eigenvalue weighted by atomic mass is 10.3. The molecule has 2 aromatic carbocycles. The minimum atomic E-state index is -0.444. The molecular formula is C18H19N3O2. The van der Waals surface area contributed by atoms with Gasteiger partial charge in [0.05, 0.1) is 11.4 Å². The van der Waals surface area contributed by atoms with E-state index in [0.717, 1.165) is 11.4 Å². The Bertz CT molecular complexity index is 717. The van der Waals surface area contributed by atoms with Crippen LogP contribution >= 0.6 is 0 Å². The second kappa shape index (κ2) is 7.35. The molecule has 0 saturated carbocycles. The Morgan fingerprint density at radius 2 is 1.43 bits per heavy atom. The summed E-state index contributed by atoms with van der Waals surface area (Å²) in [6.07, 6.45) is 0. The van der Waals surface area contributed by atoms with Gasteiger partial charge in [0.2, 0.25) is 0 Å². The molecule has 0 aliphatic rings. The van der Waals surface area contributed by atoms with Crippen LogP contribution in [0.2, 0.25) is 0 Å². The number of carbonyl (C=O) groups excluding carboxylic acids is 1. The molecule has 2 rings (SSSR count). The highest BCUT2D eigenvalue weighted by Crippen LogP contribution is 2.23. The van der Waals surface area contributed by atoms with Gasteiger partial charge in [0.1, 0.15) is 5.75 Å². The van der Waals surface area contributed by atoms with Gasteiger partial charge in [-0.1, -0.05) is 6.58 Å². The summed E-state index contributed by atoms with van der Waals surface area (Å²) in [7, 11) is 3.97. The maximum absolute atomic E-state index is 11.4. The van der Waals surface area contributed by atoms with Crippen LogP contribution in [0.15, 0.2) is 70.9 Å². The number of benzene rings is 2. The van der Waals surface area contributed by atoms with Crippen molar-refractivity contribution in [2.45, 2.75) is 6.92 Å². The first kappa shape index (κ1) is 16.4. The minimum Gasteiger partial charge on any atom is -0.423 e. The molecule has 0 spiro atoms. The van der Waals surface area contributed by atoms with Crippen LogP contribution < -0.4 is 9.64 Å². The molecule has 0 aliphatic heterocycles. The van der Waals surface area contributed by atoms with Gasteiger partial charge >= 0.3 is 5.97 Å². The van der Waals surface area contributed by atoms with Crippen molar-refractivity contribution in [2.24, 2.45) is 10.2 Å². The summed E-state index contributed by atoms with van der Waals surface area (Å²) < 4.78 is 5.11. The van der Waals surface area contributed by atoms with Crippen molar-refractivity contribution in [3.05, 3.63) is 60.7 Å². The third-order valence-electron chi connectivity index (χ3n) is 3.04. The zero-order valence-electron chi connectivity index (χ0n) is 13.5. The highest BCUT2D eigenvalue weighted by molar-refractivity contribution is 5.88. The van der Waals surface area contributed by atoms with E-state index in [1.54, 1.807) is 31.2 Å². The summed E-state index contributed by atoms with van der Waals surface area (Å²) in [4.78, 5) is 13.4. The molecule has 0 amide bonds. The maximum atomic E-state index is 11.4. The lowest BCUT2D eigenvalue weighted by molar-refractivity contribution is -0.130. The number of hydrogen-bond donors (Lipinski definition) is 0. The number of carbonyl (C=O) groups is 1. The first-order valence-electron chi connectivity index (χ1n) is 7.12. The first-order chi connectivity index (χ1) is 11.0. The molecule has 0 N–H and O–H groups in total. The Morgan fingerprint density at radius 1 is 0.957 bits per heavy atom. The molecule has 0 saturated heterocycles. The second-order valence-corrected chi connectivity index (χ2v) is 5.27. The van der Waals surface area contributed by atoms with Gasteiger partial charge in [-0.3, -0.25) is 0 Å². The second-order valence-electron chi connectivity index (χ2n) is 5.27. The number of ether oxygens (including phenoxy) is 1. The van der Waals surface area contributed by atoms with Gasteiger partial charge in [0, 0.05) is 25.4 Å². The van der Waals surface area contributed by atoms with Crippen LogP contribution in [-0.4, -0.2) is 20.1 Å². The number of hydrogen-bond acceptors (Lipinski definition) is 5. The van der Waals surface area contributed by atoms with E-state index in [9.17, 15) is 4.79 Å². The monoisotopic (exact) mass is 309 g/mol. The summed E-state index contributed by atoms with van der Waals surface area (Å²) in [5, 5.41) is 8.34. The molecule has 0 atom stereocenters. The number of esters is 1. The normalized spacial score (nSPS) is 10.6. The molecular weight excluding hydrogens is 290 g/mol. The van der Waals surface area contributed by atoms with Crippen LogP contribution in [0.5, 0.6) is 5.75 Å². The van der Waals surface area contributed by atoms with E-state index in [0.29, 0.717) is 17.0 Å². The summed E-state index contributed by atoms with van der Waals surface area (Å²) in [5.41, 5.74) is 2.91. The van der Waals surface area contributed by atoms with Crippen LogP contribution in [0.25, 0.3) is 0 Å². The predicted octanol–water partition coefficient (Wildman–Crippen LogP) is 4.65. The molecule has 2 aromatic rings. The minimum absolute atomic E-state index is 0.356. The predicted molar refractivity (Wildman–Crippen MR) is 91.8 cm³/mol. The highest BCUT2D eigenvalue weighted by atomic mass is 16.5. The Kier molecular flexibility index (Phi) is 5.25. The first-order valence-corrected chi connectivity index (χ1v) is 7.12. The fraction of sp³-hybridized carbons (Fsp3) is 0.167. The third kappa shape index (κ3) is 4.78. The molecule has 5 nitrogen and oxygen atoms in total. The fourth-order valence-corrected chi connectivity index (χ4v) is 1.71. The third-order valence-corrected chi connectivity index (χ3v) is 3.04. The van der Waals surface area contributed by atoms with Gasteiger partial charge < -0.3 is 9.64 Å². The molecule has 0 aliphatic carbocycles. The average Bonchev–Trinajstić information content (AvgIpc) is 2.54. The zero-order valence-corrected chi connectivity index (χ0v) is 13.5. The van der Waals surface area contributed by atoms with E-state index < -0.39 is 5.97 Å². The van der Waals surface area contributed by atoms with Crippen LogP contribution in [0, 0.1) is 0 Å². The summed E-state index contributed by atoms with van der Waals surface area (Å²) in [5.74, 6) is 0.00708. The van der Waals surface area contributed by atoms with E-state index in [4.69, 9.17) is 4.74 Å². The molecule has 118 valence electrons. The average molecular weight is 309 g/mol. The van der Waals surface area contributed by atoms with Crippen molar-refractivity contribution in [1.29, 1.82) is 0 Å². The molecule has 0 heterocycles.